The number of hydrogen-bond acceptors (Lipinski definition) is 30. The molecule has 3 aliphatic heterocycles. The van der Waals surface area contributed by atoms with E-state index in [-0.39, 0.29) is 120 Å². The van der Waals surface area contributed by atoms with Crippen LogP contribution in [-0.2, 0) is 123 Å². The van der Waals surface area contributed by atoms with Crippen LogP contribution in [0.25, 0.3) is 0 Å². The molecule has 38 heteroatoms. The topological polar surface area (TPSA) is 486 Å². The van der Waals surface area contributed by atoms with Gasteiger partial charge in [-0.25, -0.2) is 14.4 Å². The van der Waals surface area contributed by atoms with Gasteiger partial charge in [0.2, 0.25) is 30.3 Å². The molecule has 722 valence electrons. The third kappa shape index (κ3) is 36.0. The van der Waals surface area contributed by atoms with Crippen LogP contribution in [0.1, 0.15) is 207 Å². The maximum Gasteiger partial charge on any atom is 0.431 e. The van der Waals surface area contributed by atoms with Gasteiger partial charge in [0, 0.05) is 95.4 Å². The molecule has 0 saturated carbocycles. The summed E-state index contributed by atoms with van der Waals surface area (Å²) in [6, 6.07) is 15.6. The van der Waals surface area contributed by atoms with E-state index in [1.165, 1.54) is 64.3 Å². The van der Waals surface area contributed by atoms with Crippen LogP contribution >= 0.6 is 0 Å². The summed E-state index contributed by atoms with van der Waals surface area (Å²) < 4.78 is 64.0. The molecule has 20 atom stereocenters. The summed E-state index contributed by atoms with van der Waals surface area (Å²) in [6.45, 7) is 37.8. The van der Waals surface area contributed by atoms with Crippen molar-refractivity contribution in [3.8, 4) is 11.5 Å². The van der Waals surface area contributed by atoms with Crippen molar-refractivity contribution >= 4 is 89.2 Å². The first kappa shape index (κ1) is 113. The van der Waals surface area contributed by atoms with Crippen LogP contribution in [-0.4, -0.2) is 235 Å². The first-order valence-electron chi connectivity index (χ1n) is 43.1. The molecule has 3 aromatic carbocycles. The molecule has 10 unspecified atom stereocenters. The highest BCUT2D eigenvalue weighted by molar-refractivity contribution is 5.94. The van der Waals surface area contributed by atoms with Gasteiger partial charge >= 0.3 is 42.5 Å². The summed E-state index contributed by atoms with van der Waals surface area (Å²) in [5, 5.41) is 29.1. The van der Waals surface area contributed by atoms with E-state index >= 15 is 0 Å². The maximum atomic E-state index is 15.0. The number of likely N-dealkylation sites (tertiary alicyclic amines) is 1. The molecule has 0 bridgehead atoms. The first-order chi connectivity index (χ1) is 60.4. The zero-order valence-electron chi connectivity index (χ0n) is 79.3. The summed E-state index contributed by atoms with van der Waals surface area (Å²) in [5.74, 6) is -5.49. The van der Waals surface area contributed by atoms with E-state index in [0.29, 0.717) is 48.4 Å². The number of amides is 8. The summed E-state index contributed by atoms with van der Waals surface area (Å²) in [6.07, 6.45) is -6.67. The molecule has 7 N–H and O–H groups in total. The van der Waals surface area contributed by atoms with Crippen LogP contribution in [0.15, 0.2) is 66.7 Å². The smallest absolute Gasteiger partial charge is 0.431 e. The molecule has 6 rings (SSSR count). The van der Waals surface area contributed by atoms with Gasteiger partial charge in [-0.2, -0.15) is 30.1 Å². The fourth-order valence-corrected chi connectivity index (χ4v) is 15.3. The van der Waals surface area contributed by atoms with Crippen molar-refractivity contribution in [2.45, 2.75) is 288 Å². The summed E-state index contributed by atoms with van der Waals surface area (Å²) >= 11 is 0. The lowest BCUT2D eigenvalue weighted by Crippen LogP contribution is -2.55. The minimum absolute atomic E-state index is 0.00856. The normalized spacial score (nSPS) is 21.5. The lowest BCUT2D eigenvalue weighted by molar-refractivity contribution is -0.243. The Morgan fingerprint density at radius 2 is 1.09 bits per heavy atom. The molecule has 3 aliphatic rings. The molecular weight excluding hydrogens is 1690 g/mol. The van der Waals surface area contributed by atoms with Gasteiger partial charge in [-0.1, -0.05) is 113 Å². The number of carbonyl (C=O) groups is 11. The number of methoxy groups -OCH3 is 2. The summed E-state index contributed by atoms with van der Waals surface area (Å²) in [7, 11) is 6.15. The van der Waals surface area contributed by atoms with Crippen LogP contribution in [0.3, 0.4) is 0 Å². The van der Waals surface area contributed by atoms with Gasteiger partial charge in [0.25, 0.3) is 11.8 Å². The molecular formula is C91H138N8O30. The number of esters is 2. The minimum atomic E-state index is -1.08. The largest absolute Gasteiger partial charge is 0.460 e. The number of ether oxygens (including phenoxy) is 11. The van der Waals surface area contributed by atoms with Crippen molar-refractivity contribution in [2.24, 2.45) is 53.3 Å². The van der Waals surface area contributed by atoms with Crippen molar-refractivity contribution in [1.29, 1.82) is 0 Å². The van der Waals surface area contributed by atoms with E-state index in [1.807, 2.05) is 92.9 Å². The number of Topliss-reactive ketones (excluding diaryl/α,β-unsaturated/α-hetero) is 1. The van der Waals surface area contributed by atoms with Crippen LogP contribution in [0.2, 0.25) is 0 Å². The minimum Gasteiger partial charge on any atom is -0.460 e. The number of rotatable bonds is 38. The SMILES string of the molecule is CC(=O)OC1C(Oc2ccc(NC(=O)CONC(=O)OC(C)(C)C)cc2CO)OC(C)C(C)C1C.CC[C@H](C)[C@@H]([C@@H](CC(=O)N1CCC[C@H]1[C@H](OC)[C@@H](C)C(=O)N[C@H](C)[C@@H](O)c1ccccc1)OC)N(C)C(=O)[C@@H](CC(=O)[C@H](C(C)C)N(C)C(=O)OCc1cc(NC(=O)CONC(=O)OC(C)(C)C)ccc1OC1OC(C)C(C)C(C)C1OC(C)=O)C(C)C.O=C=O.O=C=O. The molecule has 3 aromatic rings. The van der Waals surface area contributed by atoms with Gasteiger partial charge in [0.15, 0.2) is 31.2 Å². The van der Waals surface area contributed by atoms with Gasteiger partial charge in [0.1, 0.15) is 29.3 Å². The number of aliphatic hydroxyl groups excluding tert-OH is 2. The summed E-state index contributed by atoms with van der Waals surface area (Å²) in [4.78, 5) is 192. The molecule has 0 aromatic heterocycles. The van der Waals surface area contributed by atoms with Crippen molar-refractivity contribution in [1.82, 2.24) is 31.0 Å². The number of nitrogens with zero attached hydrogens (tertiary/aromatic N) is 3. The number of hydroxylamine groups is 2. The fourth-order valence-electron chi connectivity index (χ4n) is 15.3. The second kappa shape index (κ2) is 54.2. The molecule has 3 fully saturated rings. The zero-order valence-corrected chi connectivity index (χ0v) is 79.3. The molecule has 129 heavy (non-hydrogen) atoms. The van der Waals surface area contributed by atoms with E-state index in [2.05, 4.69) is 21.4 Å². The molecule has 0 aliphatic carbocycles. The number of ketones is 1. The second-order valence-corrected chi connectivity index (χ2v) is 35.2. The summed E-state index contributed by atoms with van der Waals surface area (Å²) in [5.41, 5.74) is 4.51. The third-order valence-electron chi connectivity index (χ3n) is 22.7. The number of nitrogens with one attached hydrogen (secondary N) is 5. The Morgan fingerprint density at radius 3 is 1.50 bits per heavy atom. The van der Waals surface area contributed by atoms with Crippen molar-refractivity contribution in [2.75, 3.05) is 58.7 Å². The fraction of sp³-hybridized carbons (Fsp3) is 0.659. The van der Waals surface area contributed by atoms with E-state index in [1.54, 1.807) is 110 Å². The van der Waals surface area contributed by atoms with Crippen molar-refractivity contribution in [3.05, 3.63) is 83.4 Å². The number of benzene rings is 3. The Hall–Kier alpha value is -10.5. The Morgan fingerprint density at radius 1 is 0.620 bits per heavy atom. The Balaban J connectivity index is 0.000000863. The van der Waals surface area contributed by atoms with Crippen LogP contribution in [0, 0.1) is 53.3 Å². The highest BCUT2D eigenvalue weighted by atomic mass is 16.7. The lowest BCUT2D eigenvalue weighted by Gasteiger charge is -2.42. The van der Waals surface area contributed by atoms with Crippen LogP contribution in [0.4, 0.5) is 25.8 Å². The van der Waals surface area contributed by atoms with Gasteiger partial charge in [-0.15, -0.1) is 0 Å². The second-order valence-electron chi connectivity index (χ2n) is 35.2. The third-order valence-corrected chi connectivity index (χ3v) is 22.7. The zero-order chi connectivity index (χ0) is 97.8. The number of carbonyl (C=O) groups excluding carboxylic acids is 15. The number of aliphatic hydroxyl groups is 2. The first-order valence-corrected chi connectivity index (χ1v) is 43.1. The van der Waals surface area contributed by atoms with Gasteiger partial charge in [-0.05, 0) is 147 Å². The average molecular weight is 1820 g/mol. The average Bonchev–Trinajstić information content (AvgIpc) is 1.80. The molecule has 8 amide bonds. The highest BCUT2D eigenvalue weighted by Gasteiger charge is 2.48. The standard InChI is InChI=1S/C65H102N6O17.C24H36N2O9.2CO2/c1-20-38(6)56(52(81-18)33-54(75)71-30-24-27-49(71)58(82-19)41(9)60(77)66-42(10)57(76)45-25-22-21-23-26-45)69(16)61(78)48(36(2)3)32-50(73)55(37(4)5)70(17)64(80)83-34-46-31-47(67-53(74)35-84-68-63(79)88-65(13,14)15)28-29-51(46)87-62-59(86-44(12)72)40(8)39(7)43(11)85-62;1-13-14(2)21(33-16(4)28)22(32-15(13)3)34-19-9-8-18(10-17(19)11-27)25-20(29)12-31-26-23(30)35-24(5,6)7;2*2-1-3/h21-23,25-26,28-29,31,36-43,48-49,52,55-59,62,76H,20,24,27,30,32-35H2,1-19H3,(H,66,77)(H,67,74)(H,68,79);8-10,13-15,21-22,27H,11-12H2,1-7H3,(H,25,29)(H,26,30);;/t38-,39?,40?,41+,42+,43?,48-,49-,52+,55-,56-,57+,58+,59?,62?;;;/m0.../s1. The van der Waals surface area contributed by atoms with E-state index in [9.17, 15) is 63.0 Å². The predicted molar refractivity (Wildman–Crippen MR) is 464 cm³/mol. The van der Waals surface area contributed by atoms with Crippen molar-refractivity contribution in [3.63, 3.8) is 0 Å². The van der Waals surface area contributed by atoms with Gasteiger partial charge in [0.05, 0.1) is 73.6 Å². The molecule has 0 radical (unpaired) electrons. The molecule has 38 nitrogen and oxygen atoms in total. The highest BCUT2D eigenvalue weighted by Crippen LogP contribution is 2.39. The van der Waals surface area contributed by atoms with E-state index in [4.69, 9.17) is 81.0 Å². The quantitative estimate of drug-likeness (QED) is 0.0159. The Bertz CT molecular complexity index is 4170. The van der Waals surface area contributed by atoms with Crippen molar-refractivity contribution < 1.29 is 144 Å². The monoisotopic (exact) mass is 1820 g/mol. The number of hydrogen-bond donors (Lipinski definition) is 7. The molecule has 3 saturated heterocycles. The number of anilines is 2. The number of likely N-dealkylation sites (N-methyl/N-ethyl adjacent to an activating group) is 2. The molecule has 3 heterocycles. The van der Waals surface area contributed by atoms with E-state index < -0.39 is 158 Å². The maximum absolute atomic E-state index is 15.0. The Labute approximate surface area is 756 Å². The Kier molecular flexibility index (Phi) is 47.3. The molecule has 0 spiro atoms. The predicted octanol–water partition coefficient (Wildman–Crippen LogP) is 10.1. The lowest BCUT2D eigenvalue weighted by atomic mass is 9.83. The van der Waals surface area contributed by atoms with E-state index in [0.717, 1.165) is 0 Å². The van der Waals surface area contributed by atoms with Gasteiger partial charge < -0.3 is 93.0 Å². The van der Waals surface area contributed by atoms with Gasteiger partial charge in [-0.3, -0.25) is 48.0 Å². The van der Waals surface area contributed by atoms with Crippen LogP contribution in [0.5, 0.6) is 11.5 Å². The van der Waals surface area contributed by atoms with Crippen LogP contribution < -0.4 is 36.4 Å².